The number of nitrogens with one attached hydrogen (secondary N) is 2. The van der Waals surface area contributed by atoms with Crippen LogP contribution in [0.15, 0.2) is 47.1 Å². The van der Waals surface area contributed by atoms with Gasteiger partial charge in [0.15, 0.2) is 5.76 Å². The molecule has 25 heavy (non-hydrogen) atoms. The van der Waals surface area contributed by atoms with Gasteiger partial charge in [-0.15, -0.1) is 0 Å². The summed E-state index contributed by atoms with van der Waals surface area (Å²) in [6.07, 6.45) is 2.98. The molecule has 1 aliphatic heterocycles. The number of carbonyl (C=O) groups excluding carboxylic acids is 2. The van der Waals surface area contributed by atoms with Gasteiger partial charge in [0.25, 0.3) is 5.91 Å². The Kier molecular flexibility index (Phi) is 5.38. The van der Waals surface area contributed by atoms with Crippen LogP contribution >= 0.6 is 0 Å². The van der Waals surface area contributed by atoms with Crippen LogP contribution in [0.1, 0.15) is 34.5 Å². The Morgan fingerprint density at radius 3 is 2.60 bits per heavy atom. The Morgan fingerprint density at radius 2 is 1.92 bits per heavy atom. The molecule has 2 aromatic rings. The number of benzene rings is 1. The maximum Gasteiger partial charge on any atom is 0.315 e. The number of urea groups is 1. The zero-order valence-corrected chi connectivity index (χ0v) is 14.3. The predicted octanol–water partition coefficient (Wildman–Crippen LogP) is 2.69. The van der Waals surface area contributed by atoms with Crippen molar-refractivity contribution in [2.24, 2.45) is 0 Å². The van der Waals surface area contributed by atoms with E-state index in [1.165, 1.54) is 6.26 Å². The van der Waals surface area contributed by atoms with E-state index in [4.69, 9.17) is 4.42 Å². The second-order valence-electron chi connectivity index (χ2n) is 6.30. The summed E-state index contributed by atoms with van der Waals surface area (Å²) < 4.78 is 5.15. The lowest BCUT2D eigenvalue weighted by atomic mass is 10.0. The van der Waals surface area contributed by atoms with Crippen molar-refractivity contribution in [3.05, 3.63) is 59.5 Å². The normalized spacial score (nSPS) is 15.0. The number of likely N-dealkylation sites (tertiary alicyclic amines) is 1. The monoisotopic (exact) mass is 341 g/mol. The van der Waals surface area contributed by atoms with Gasteiger partial charge in [0, 0.05) is 25.7 Å². The summed E-state index contributed by atoms with van der Waals surface area (Å²) in [6.45, 7) is 3.76. The van der Waals surface area contributed by atoms with Gasteiger partial charge in [-0.25, -0.2) is 4.79 Å². The Labute approximate surface area is 147 Å². The number of hydrogen-bond acceptors (Lipinski definition) is 3. The van der Waals surface area contributed by atoms with Crippen LogP contribution in [0.3, 0.4) is 0 Å². The Morgan fingerprint density at radius 1 is 1.16 bits per heavy atom. The molecule has 0 atom stereocenters. The second-order valence-corrected chi connectivity index (χ2v) is 6.30. The molecule has 0 saturated carbocycles. The Hall–Kier alpha value is -2.76. The average molecular weight is 341 g/mol. The standard InChI is InChI=1S/C19H23N3O3/c1-14-5-2-3-6-15(14)13-20-19(24)21-16-8-10-22(11-9-16)18(23)17-7-4-12-25-17/h2-7,12,16H,8-11,13H2,1H3,(H2,20,21,24). The molecule has 0 bridgehead atoms. The SMILES string of the molecule is Cc1ccccc1CNC(=O)NC1CCN(C(=O)c2ccco2)CC1. The van der Waals surface area contributed by atoms with Gasteiger partial charge in [0.05, 0.1) is 6.26 Å². The fourth-order valence-electron chi connectivity index (χ4n) is 3.00. The molecule has 2 N–H and O–H groups in total. The molecule has 1 aromatic carbocycles. The van der Waals surface area contributed by atoms with Gasteiger partial charge in [0.2, 0.25) is 0 Å². The largest absolute Gasteiger partial charge is 0.459 e. The first-order valence-corrected chi connectivity index (χ1v) is 8.55. The smallest absolute Gasteiger partial charge is 0.315 e. The minimum Gasteiger partial charge on any atom is -0.459 e. The van der Waals surface area contributed by atoms with E-state index < -0.39 is 0 Å². The van der Waals surface area contributed by atoms with Crippen molar-refractivity contribution in [1.82, 2.24) is 15.5 Å². The first kappa shape index (κ1) is 17.1. The summed E-state index contributed by atoms with van der Waals surface area (Å²) in [5, 5.41) is 5.89. The van der Waals surface area contributed by atoms with Gasteiger partial charge in [0.1, 0.15) is 0 Å². The molecule has 0 spiro atoms. The molecule has 132 valence electrons. The number of carbonyl (C=O) groups is 2. The third-order valence-corrected chi connectivity index (χ3v) is 4.55. The molecule has 0 aliphatic carbocycles. The number of aryl methyl sites for hydroxylation is 1. The molecule has 3 amide bonds. The van der Waals surface area contributed by atoms with Gasteiger partial charge < -0.3 is 20.0 Å². The molecule has 0 radical (unpaired) electrons. The van der Waals surface area contributed by atoms with Crippen LogP contribution in [-0.4, -0.2) is 36.0 Å². The van der Waals surface area contributed by atoms with E-state index in [2.05, 4.69) is 10.6 Å². The highest BCUT2D eigenvalue weighted by molar-refractivity contribution is 5.91. The number of rotatable bonds is 4. The highest BCUT2D eigenvalue weighted by Gasteiger charge is 2.25. The van der Waals surface area contributed by atoms with E-state index in [0.717, 1.165) is 24.0 Å². The molecule has 1 aliphatic rings. The van der Waals surface area contributed by atoms with Crippen LogP contribution in [-0.2, 0) is 6.54 Å². The van der Waals surface area contributed by atoms with Gasteiger partial charge in [-0.2, -0.15) is 0 Å². The highest BCUT2D eigenvalue weighted by atomic mass is 16.3. The number of hydrogen-bond donors (Lipinski definition) is 2. The Balaban J connectivity index is 1.42. The molecular weight excluding hydrogens is 318 g/mol. The van der Waals surface area contributed by atoms with E-state index in [0.29, 0.717) is 25.4 Å². The van der Waals surface area contributed by atoms with Crippen LogP contribution < -0.4 is 10.6 Å². The second kappa shape index (κ2) is 7.88. The summed E-state index contributed by atoms with van der Waals surface area (Å²) in [5.74, 6) is 0.273. The fourth-order valence-corrected chi connectivity index (χ4v) is 3.00. The molecule has 0 unspecified atom stereocenters. The fraction of sp³-hybridized carbons (Fsp3) is 0.368. The van der Waals surface area contributed by atoms with E-state index in [1.807, 2.05) is 31.2 Å². The summed E-state index contributed by atoms with van der Waals surface area (Å²) in [5.41, 5.74) is 2.27. The molecule has 6 nitrogen and oxygen atoms in total. The van der Waals surface area contributed by atoms with Gasteiger partial charge in [-0.1, -0.05) is 24.3 Å². The number of furan rings is 1. The number of piperidine rings is 1. The van der Waals surface area contributed by atoms with Crippen molar-refractivity contribution < 1.29 is 14.0 Å². The molecule has 2 heterocycles. The van der Waals surface area contributed by atoms with Crippen LogP contribution in [0.4, 0.5) is 4.79 Å². The average Bonchev–Trinajstić information content (AvgIpc) is 3.16. The van der Waals surface area contributed by atoms with Gasteiger partial charge in [-0.05, 0) is 43.0 Å². The van der Waals surface area contributed by atoms with Gasteiger partial charge >= 0.3 is 6.03 Å². The van der Waals surface area contributed by atoms with Crippen molar-refractivity contribution in [3.8, 4) is 0 Å². The van der Waals surface area contributed by atoms with E-state index >= 15 is 0 Å². The lowest BCUT2D eigenvalue weighted by molar-refractivity contribution is 0.0676. The lowest BCUT2D eigenvalue weighted by Gasteiger charge is -2.31. The van der Waals surface area contributed by atoms with E-state index in [1.54, 1.807) is 17.0 Å². The van der Waals surface area contributed by atoms with Crippen molar-refractivity contribution in [2.75, 3.05) is 13.1 Å². The lowest BCUT2D eigenvalue weighted by Crippen LogP contribution is -2.49. The van der Waals surface area contributed by atoms with Crippen molar-refractivity contribution in [3.63, 3.8) is 0 Å². The van der Waals surface area contributed by atoms with E-state index in [-0.39, 0.29) is 18.0 Å². The highest BCUT2D eigenvalue weighted by Crippen LogP contribution is 2.14. The molecular formula is C19H23N3O3. The first-order valence-electron chi connectivity index (χ1n) is 8.55. The van der Waals surface area contributed by atoms with Crippen LogP contribution in [0.25, 0.3) is 0 Å². The first-order chi connectivity index (χ1) is 12.1. The zero-order chi connectivity index (χ0) is 17.6. The molecule has 3 rings (SSSR count). The minimum absolute atomic E-state index is 0.0810. The van der Waals surface area contributed by atoms with Crippen molar-refractivity contribution in [2.45, 2.75) is 32.4 Å². The van der Waals surface area contributed by atoms with Crippen molar-refractivity contribution >= 4 is 11.9 Å². The molecule has 1 saturated heterocycles. The number of amides is 3. The topological polar surface area (TPSA) is 74.6 Å². The zero-order valence-electron chi connectivity index (χ0n) is 14.3. The van der Waals surface area contributed by atoms with Crippen LogP contribution in [0, 0.1) is 6.92 Å². The summed E-state index contributed by atoms with van der Waals surface area (Å²) in [6, 6.07) is 11.3. The Bertz CT molecular complexity index is 719. The van der Waals surface area contributed by atoms with Gasteiger partial charge in [-0.3, -0.25) is 4.79 Å². The molecule has 1 fully saturated rings. The quantitative estimate of drug-likeness (QED) is 0.898. The third kappa shape index (κ3) is 4.41. The summed E-state index contributed by atoms with van der Waals surface area (Å²) in [4.78, 5) is 26.1. The molecule has 1 aromatic heterocycles. The summed E-state index contributed by atoms with van der Waals surface area (Å²) in [7, 11) is 0. The predicted molar refractivity (Wildman–Crippen MR) is 94.2 cm³/mol. The maximum atomic E-state index is 12.2. The van der Waals surface area contributed by atoms with Crippen molar-refractivity contribution in [1.29, 1.82) is 0 Å². The van der Waals surface area contributed by atoms with Crippen LogP contribution in [0.2, 0.25) is 0 Å². The van der Waals surface area contributed by atoms with E-state index in [9.17, 15) is 9.59 Å². The molecule has 6 heteroatoms. The number of nitrogens with zero attached hydrogens (tertiary/aromatic N) is 1. The third-order valence-electron chi connectivity index (χ3n) is 4.55. The summed E-state index contributed by atoms with van der Waals surface area (Å²) >= 11 is 0. The van der Waals surface area contributed by atoms with Crippen LogP contribution in [0.5, 0.6) is 0 Å². The minimum atomic E-state index is -0.168. The maximum absolute atomic E-state index is 12.2.